The monoisotopic (exact) mass is 296 g/mol. The largest absolute Gasteiger partial charge is 0.481 e. The van der Waals surface area contributed by atoms with Crippen LogP contribution in [0.25, 0.3) is 0 Å². The molecular formula is C14H17FN2O4. The Morgan fingerprint density at radius 2 is 1.90 bits per heavy atom. The van der Waals surface area contributed by atoms with Crippen LogP contribution in [0.3, 0.4) is 0 Å². The zero-order chi connectivity index (χ0) is 15.4. The van der Waals surface area contributed by atoms with Crippen LogP contribution in [0.2, 0.25) is 0 Å². The Hall–Kier alpha value is -2.18. The highest BCUT2D eigenvalue weighted by Gasteiger charge is 2.29. The quantitative estimate of drug-likeness (QED) is 0.833. The predicted octanol–water partition coefficient (Wildman–Crippen LogP) is 2.60. The summed E-state index contributed by atoms with van der Waals surface area (Å²) in [7, 11) is 0. The fourth-order valence-electron chi connectivity index (χ4n) is 2.67. The lowest BCUT2D eigenvalue weighted by Crippen LogP contribution is -2.36. The Morgan fingerprint density at radius 3 is 2.43 bits per heavy atom. The Kier molecular flexibility index (Phi) is 4.72. The summed E-state index contributed by atoms with van der Waals surface area (Å²) in [5.74, 6) is -1.74. The minimum absolute atomic E-state index is 0.0582. The maximum Gasteiger partial charge on any atom is 0.413 e. The molecule has 0 aliphatic heterocycles. The van der Waals surface area contributed by atoms with Gasteiger partial charge in [-0.3, -0.25) is 9.69 Å². The van der Waals surface area contributed by atoms with Gasteiger partial charge in [0.05, 0.1) is 5.92 Å². The number of carbonyl (C=O) groups is 2. The van der Waals surface area contributed by atoms with E-state index < -0.39 is 18.0 Å². The van der Waals surface area contributed by atoms with Crippen LogP contribution in [-0.4, -0.2) is 33.8 Å². The van der Waals surface area contributed by atoms with Crippen molar-refractivity contribution in [2.75, 3.05) is 11.4 Å². The summed E-state index contributed by atoms with van der Waals surface area (Å²) in [5.41, 5.74) is 0. The zero-order valence-electron chi connectivity index (χ0n) is 11.4. The maximum absolute atomic E-state index is 13.1. The van der Waals surface area contributed by atoms with Gasteiger partial charge in [-0.1, -0.05) is 6.07 Å². The van der Waals surface area contributed by atoms with E-state index in [4.69, 9.17) is 5.11 Å². The molecule has 1 saturated carbocycles. The van der Waals surface area contributed by atoms with Crippen molar-refractivity contribution in [1.29, 1.82) is 0 Å². The van der Waals surface area contributed by atoms with E-state index in [0.29, 0.717) is 25.7 Å². The summed E-state index contributed by atoms with van der Waals surface area (Å²) >= 11 is 0. The second-order valence-electron chi connectivity index (χ2n) is 5.27. The topological polar surface area (TPSA) is 90.7 Å². The summed E-state index contributed by atoms with van der Waals surface area (Å²) in [5, 5.41) is 18.2. The van der Waals surface area contributed by atoms with Crippen LogP contribution < -0.4 is 4.90 Å². The van der Waals surface area contributed by atoms with Crippen LogP contribution in [0.5, 0.6) is 0 Å². The van der Waals surface area contributed by atoms with E-state index in [9.17, 15) is 19.1 Å². The minimum atomic E-state index is -1.19. The molecule has 114 valence electrons. The van der Waals surface area contributed by atoms with Crippen LogP contribution >= 0.6 is 0 Å². The number of hydrogen-bond acceptors (Lipinski definition) is 3. The van der Waals surface area contributed by atoms with Gasteiger partial charge in [-0.2, -0.15) is 4.39 Å². The summed E-state index contributed by atoms with van der Waals surface area (Å²) in [6.45, 7) is 0.206. The van der Waals surface area contributed by atoms with Gasteiger partial charge < -0.3 is 10.2 Å². The molecule has 0 aromatic carbocycles. The van der Waals surface area contributed by atoms with E-state index in [1.807, 2.05) is 0 Å². The fourth-order valence-corrected chi connectivity index (χ4v) is 2.67. The van der Waals surface area contributed by atoms with Gasteiger partial charge in [0, 0.05) is 6.54 Å². The highest BCUT2D eigenvalue weighted by atomic mass is 19.1. The molecule has 0 saturated heterocycles. The van der Waals surface area contributed by atoms with Gasteiger partial charge in [0.1, 0.15) is 5.82 Å². The van der Waals surface area contributed by atoms with E-state index in [1.165, 1.54) is 12.1 Å². The third-order valence-corrected chi connectivity index (χ3v) is 3.84. The van der Waals surface area contributed by atoms with E-state index in [1.54, 1.807) is 0 Å². The first-order chi connectivity index (χ1) is 9.97. The van der Waals surface area contributed by atoms with Gasteiger partial charge >= 0.3 is 12.1 Å². The standard InChI is InChI=1S/C14H17FN2O4/c15-11-2-1-3-12(16-11)17(14(20)21)8-9-4-6-10(7-5-9)13(18)19/h1-3,9-10H,4-8H2,(H,18,19)(H,20,21). The molecule has 2 N–H and O–H groups in total. The summed E-state index contributed by atoms with van der Waals surface area (Å²) in [4.78, 5) is 26.8. The molecule has 1 aromatic heterocycles. The number of rotatable bonds is 4. The van der Waals surface area contributed by atoms with Crippen molar-refractivity contribution in [2.45, 2.75) is 25.7 Å². The number of aliphatic carboxylic acids is 1. The van der Waals surface area contributed by atoms with Gasteiger partial charge in [0.2, 0.25) is 5.95 Å². The average Bonchev–Trinajstić information content (AvgIpc) is 2.45. The van der Waals surface area contributed by atoms with Crippen molar-refractivity contribution in [3.05, 3.63) is 24.1 Å². The average molecular weight is 296 g/mol. The van der Waals surface area contributed by atoms with E-state index in [0.717, 1.165) is 11.0 Å². The summed E-state index contributed by atoms with van der Waals surface area (Å²) < 4.78 is 13.1. The highest BCUT2D eigenvalue weighted by Crippen LogP contribution is 2.30. The van der Waals surface area contributed by atoms with Gasteiger partial charge in [-0.15, -0.1) is 0 Å². The number of halogens is 1. The molecule has 0 bridgehead atoms. The third kappa shape index (κ3) is 3.90. The lowest BCUT2D eigenvalue weighted by molar-refractivity contribution is -0.143. The SMILES string of the molecule is O=C(O)C1CCC(CN(C(=O)O)c2cccc(F)n2)CC1. The van der Waals surface area contributed by atoms with Gasteiger partial charge in [0.15, 0.2) is 0 Å². The molecule has 0 spiro atoms. The van der Waals surface area contributed by atoms with Crippen LogP contribution in [0.1, 0.15) is 25.7 Å². The first-order valence-electron chi connectivity index (χ1n) is 6.83. The third-order valence-electron chi connectivity index (χ3n) is 3.84. The number of pyridine rings is 1. The molecule has 1 amide bonds. The minimum Gasteiger partial charge on any atom is -0.481 e. The van der Waals surface area contributed by atoms with E-state index in [-0.39, 0.29) is 24.2 Å². The molecule has 2 rings (SSSR count). The summed E-state index contributed by atoms with van der Waals surface area (Å²) in [6.07, 6.45) is 1.20. The molecule has 0 unspecified atom stereocenters. The van der Waals surface area contributed by atoms with Crippen LogP contribution in [0.15, 0.2) is 18.2 Å². The number of anilines is 1. The molecule has 6 nitrogen and oxygen atoms in total. The number of amides is 1. The van der Waals surface area contributed by atoms with E-state index in [2.05, 4.69) is 4.98 Å². The molecule has 1 aliphatic carbocycles. The fraction of sp³-hybridized carbons (Fsp3) is 0.500. The van der Waals surface area contributed by atoms with Crippen molar-refractivity contribution in [2.24, 2.45) is 11.8 Å². The van der Waals surface area contributed by atoms with Crippen molar-refractivity contribution in [3.63, 3.8) is 0 Å². The number of hydrogen-bond donors (Lipinski definition) is 2. The van der Waals surface area contributed by atoms with E-state index >= 15 is 0 Å². The van der Waals surface area contributed by atoms with Crippen molar-refractivity contribution >= 4 is 17.9 Å². The van der Waals surface area contributed by atoms with Gasteiger partial charge in [-0.05, 0) is 43.7 Å². The first-order valence-corrected chi connectivity index (χ1v) is 6.83. The molecule has 21 heavy (non-hydrogen) atoms. The zero-order valence-corrected chi connectivity index (χ0v) is 11.4. The van der Waals surface area contributed by atoms with Crippen molar-refractivity contribution < 1.29 is 24.2 Å². The highest BCUT2D eigenvalue weighted by molar-refractivity contribution is 5.84. The van der Waals surface area contributed by atoms with Gasteiger partial charge in [0.25, 0.3) is 0 Å². The van der Waals surface area contributed by atoms with Gasteiger partial charge in [-0.25, -0.2) is 9.78 Å². The molecule has 7 heteroatoms. The first kappa shape index (κ1) is 15.2. The summed E-state index contributed by atoms with van der Waals surface area (Å²) in [6, 6.07) is 4.01. The second-order valence-corrected chi connectivity index (χ2v) is 5.27. The number of aromatic nitrogens is 1. The Labute approximate surface area is 121 Å². The number of nitrogens with zero attached hydrogens (tertiary/aromatic N) is 2. The Bertz CT molecular complexity index is 529. The molecule has 1 aliphatic rings. The smallest absolute Gasteiger partial charge is 0.413 e. The van der Waals surface area contributed by atoms with Crippen molar-refractivity contribution in [3.8, 4) is 0 Å². The molecule has 1 heterocycles. The molecule has 1 aromatic rings. The Balaban J connectivity index is 2.02. The predicted molar refractivity (Wildman–Crippen MR) is 72.6 cm³/mol. The number of carboxylic acids is 1. The van der Waals surface area contributed by atoms with Crippen molar-refractivity contribution in [1.82, 2.24) is 4.98 Å². The molecule has 1 fully saturated rings. The molecule has 0 atom stereocenters. The maximum atomic E-state index is 13.1. The second kappa shape index (κ2) is 6.51. The normalized spacial score (nSPS) is 21.8. The lowest BCUT2D eigenvalue weighted by Gasteiger charge is -2.29. The lowest BCUT2D eigenvalue weighted by atomic mass is 9.82. The van der Waals surface area contributed by atoms with Crippen LogP contribution in [-0.2, 0) is 4.79 Å². The van der Waals surface area contributed by atoms with Crippen LogP contribution in [0, 0.1) is 17.8 Å². The number of carboxylic acid groups (broad SMARTS) is 2. The van der Waals surface area contributed by atoms with Crippen LogP contribution in [0.4, 0.5) is 15.0 Å². The molecule has 0 radical (unpaired) electrons. The Morgan fingerprint density at radius 1 is 1.24 bits per heavy atom. The molecular weight excluding hydrogens is 279 g/mol.